The maximum absolute atomic E-state index is 13.8. The number of hydrogen-bond donors (Lipinski definition) is 1. The molecule has 0 spiro atoms. The van der Waals surface area contributed by atoms with Crippen molar-refractivity contribution in [1.29, 1.82) is 0 Å². The Morgan fingerprint density at radius 2 is 1.56 bits per heavy atom. The van der Waals surface area contributed by atoms with Gasteiger partial charge in [-0.05, 0) is 62.1 Å². The minimum atomic E-state index is -4.07. The molecule has 1 N–H and O–H groups in total. The van der Waals surface area contributed by atoms with E-state index in [1.165, 1.54) is 23.7 Å². The van der Waals surface area contributed by atoms with Crippen molar-refractivity contribution in [3.8, 4) is 0 Å². The Hall–Kier alpha value is -3.30. The first kappa shape index (κ1) is 27.3. The second-order valence-corrected chi connectivity index (χ2v) is 11.1. The predicted octanol–water partition coefficient (Wildman–Crippen LogP) is 4.08. The quantitative estimate of drug-likeness (QED) is 0.403. The topological polar surface area (TPSA) is 86.8 Å². The molecule has 3 aromatic carbocycles. The van der Waals surface area contributed by atoms with E-state index in [1.54, 1.807) is 55.5 Å². The van der Waals surface area contributed by atoms with Crippen LogP contribution in [-0.4, -0.2) is 51.0 Å². The number of nitrogens with zero attached hydrogens (tertiary/aromatic N) is 2. The molecule has 0 aliphatic carbocycles. The van der Waals surface area contributed by atoms with Crippen LogP contribution >= 0.6 is 11.8 Å². The van der Waals surface area contributed by atoms with Crippen molar-refractivity contribution in [3.05, 3.63) is 90.0 Å². The number of carbonyl (C=O) groups excluding carboxylic acids is 2. The number of carbonyl (C=O) groups is 2. The predicted molar refractivity (Wildman–Crippen MR) is 144 cm³/mol. The molecule has 190 valence electrons. The summed E-state index contributed by atoms with van der Waals surface area (Å²) in [7, 11) is -2.56. The van der Waals surface area contributed by atoms with E-state index in [4.69, 9.17) is 0 Å². The number of rotatable bonds is 10. The molecular formula is C27H31N3O4S2. The van der Waals surface area contributed by atoms with E-state index in [0.717, 1.165) is 20.3 Å². The molecule has 3 rings (SSSR count). The molecule has 0 aliphatic heterocycles. The number of likely N-dealkylation sites (N-methyl/N-ethyl adjacent to an activating group) is 1. The van der Waals surface area contributed by atoms with E-state index in [-0.39, 0.29) is 17.3 Å². The molecule has 0 heterocycles. The summed E-state index contributed by atoms with van der Waals surface area (Å²) >= 11 is 1.51. The Morgan fingerprint density at radius 3 is 2.11 bits per heavy atom. The summed E-state index contributed by atoms with van der Waals surface area (Å²) in [5.41, 5.74) is 2.17. The van der Waals surface area contributed by atoms with Gasteiger partial charge in [-0.1, -0.05) is 48.0 Å². The fraction of sp³-hybridized carbons (Fsp3) is 0.259. The average Bonchev–Trinajstić information content (AvgIpc) is 2.90. The Morgan fingerprint density at radius 1 is 0.944 bits per heavy atom. The summed E-state index contributed by atoms with van der Waals surface area (Å²) in [5, 5.41) is 2.58. The number of nitrogens with one attached hydrogen (secondary N) is 1. The van der Waals surface area contributed by atoms with Gasteiger partial charge in [0.25, 0.3) is 10.0 Å². The van der Waals surface area contributed by atoms with Crippen LogP contribution in [0.4, 0.5) is 5.69 Å². The maximum atomic E-state index is 13.8. The van der Waals surface area contributed by atoms with Crippen LogP contribution in [0.1, 0.15) is 18.1 Å². The van der Waals surface area contributed by atoms with Gasteiger partial charge in [-0.3, -0.25) is 13.9 Å². The minimum absolute atomic E-state index is 0.0858. The summed E-state index contributed by atoms with van der Waals surface area (Å²) in [5.74, 6) is -0.823. The number of benzene rings is 3. The third-order valence-corrected chi connectivity index (χ3v) is 8.39. The van der Waals surface area contributed by atoms with Crippen LogP contribution < -0.4 is 9.62 Å². The Bertz CT molecular complexity index is 1280. The summed E-state index contributed by atoms with van der Waals surface area (Å²) in [6.07, 6.45) is 1.91. The molecule has 0 radical (unpaired) electrons. The lowest BCUT2D eigenvalue weighted by molar-refractivity contribution is -0.139. The second kappa shape index (κ2) is 12.1. The first-order valence-corrected chi connectivity index (χ1v) is 14.1. The summed E-state index contributed by atoms with van der Waals surface area (Å²) in [4.78, 5) is 28.6. The molecule has 0 fully saturated rings. The number of sulfonamides is 1. The largest absolute Gasteiger partial charge is 0.357 e. The molecule has 3 aromatic rings. The first-order valence-electron chi connectivity index (χ1n) is 11.5. The molecule has 2 amide bonds. The van der Waals surface area contributed by atoms with Crippen LogP contribution in [0.2, 0.25) is 0 Å². The molecule has 36 heavy (non-hydrogen) atoms. The molecular weight excluding hydrogens is 494 g/mol. The number of anilines is 1. The van der Waals surface area contributed by atoms with Crippen molar-refractivity contribution in [2.24, 2.45) is 0 Å². The van der Waals surface area contributed by atoms with Crippen LogP contribution in [-0.2, 0) is 26.2 Å². The van der Waals surface area contributed by atoms with Crippen molar-refractivity contribution in [2.75, 3.05) is 24.2 Å². The van der Waals surface area contributed by atoms with Crippen molar-refractivity contribution in [2.45, 2.75) is 36.2 Å². The highest BCUT2D eigenvalue weighted by Crippen LogP contribution is 2.26. The zero-order valence-corrected chi connectivity index (χ0v) is 22.5. The molecule has 0 bridgehead atoms. The molecule has 9 heteroatoms. The molecule has 0 aliphatic rings. The lowest BCUT2D eigenvalue weighted by Gasteiger charge is -2.31. The third-order valence-electron chi connectivity index (χ3n) is 5.86. The van der Waals surface area contributed by atoms with Crippen LogP contribution in [0.3, 0.4) is 0 Å². The summed E-state index contributed by atoms with van der Waals surface area (Å²) in [6, 6.07) is 22.0. The Kier molecular flexibility index (Phi) is 9.17. The van der Waals surface area contributed by atoms with Crippen molar-refractivity contribution >= 4 is 39.3 Å². The summed E-state index contributed by atoms with van der Waals surface area (Å²) < 4.78 is 28.6. The first-order chi connectivity index (χ1) is 17.2. The molecule has 1 atom stereocenters. The maximum Gasteiger partial charge on any atom is 0.264 e. The second-order valence-electron chi connectivity index (χ2n) is 8.32. The highest BCUT2D eigenvalue weighted by atomic mass is 32.2. The fourth-order valence-electron chi connectivity index (χ4n) is 3.69. The van der Waals surface area contributed by atoms with Gasteiger partial charge in [-0.25, -0.2) is 8.42 Å². The summed E-state index contributed by atoms with van der Waals surface area (Å²) in [6.45, 7) is 3.25. The minimum Gasteiger partial charge on any atom is -0.357 e. The normalized spacial score (nSPS) is 12.0. The SMILES string of the molecule is CNC(=O)[C@@H](C)N(Cc1ccccc1)C(=O)CN(c1ccc(C)cc1)S(=O)(=O)c1ccc(SC)cc1. The Labute approximate surface area is 217 Å². The van der Waals surface area contributed by atoms with Crippen LogP contribution in [0.5, 0.6) is 0 Å². The zero-order chi connectivity index (χ0) is 26.3. The lowest BCUT2D eigenvalue weighted by Crippen LogP contribution is -2.50. The van der Waals surface area contributed by atoms with Gasteiger partial charge in [0.05, 0.1) is 10.6 Å². The molecule has 0 aromatic heterocycles. The highest BCUT2D eigenvalue weighted by Gasteiger charge is 2.32. The van der Waals surface area contributed by atoms with E-state index in [2.05, 4.69) is 5.32 Å². The zero-order valence-electron chi connectivity index (χ0n) is 20.8. The molecule has 0 unspecified atom stereocenters. The van der Waals surface area contributed by atoms with E-state index in [1.807, 2.05) is 43.5 Å². The van der Waals surface area contributed by atoms with Gasteiger partial charge in [0.2, 0.25) is 11.8 Å². The smallest absolute Gasteiger partial charge is 0.264 e. The van der Waals surface area contributed by atoms with E-state index in [0.29, 0.717) is 5.69 Å². The monoisotopic (exact) mass is 525 g/mol. The standard InChI is InChI=1S/C27H31N3O4S2/c1-20-10-12-23(13-11-20)30(36(33,34)25-16-14-24(35-4)15-17-25)19-26(31)29(21(2)27(32)28-3)18-22-8-6-5-7-9-22/h5-17,21H,18-19H2,1-4H3,(H,28,32)/t21-/m1/s1. The van der Waals surface area contributed by atoms with Crippen LogP contribution in [0, 0.1) is 6.92 Å². The number of thioether (sulfide) groups is 1. The molecule has 0 saturated heterocycles. The van der Waals surface area contributed by atoms with Crippen LogP contribution in [0.15, 0.2) is 88.7 Å². The lowest BCUT2D eigenvalue weighted by atomic mass is 10.1. The van der Waals surface area contributed by atoms with E-state index >= 15 is 0 Å². The van der Waals surface area contributed by atoms with Gasteiger partial charge in [0.1, 0.15) is 12.6 Å². The molecule has 0 saturated carbocycles. The van der Waals surface area contributed by atoms with Gasteiger partial charge >= 0.3 is 0 Å². The van der Waals surface area contributed by atoms with Gasteiger partial charge in [0.15, 0.2) is 0 Å². The number of aryl methyl sites for hydroxylation is 1. The van der Waals surface area contributed by atoms with Gasteiger partial charge in [-0.2, -0.15) is 0 Å². The van der Waals surface area contributed by atoms with Crippen molar-refractivity contribution < 1.29 is 18.0 Å². The molecule has 7 nitrogen and oxygen atoms in total. The van der Waals surface area contributed by atoms with Crippen LogP contribution in [0.25, 0.3) is 0 Å². The van der Waals surface area contributed by atoms with Crippen molar-refractivity contribution in [3.63, 3.8) is 0 Å². The van der Waals surface area contributed by atoms with Gasteiger partial charge in [-0.15, -0.1) is 11.8 Å². The van der Waals surface area contributed by atoms with Crippen molar-refractivity contribution in [1.82, 2.24) is 10.2 Å². The average molecular weight is 526 g/mol. The van der Waals surface area contributed by atoms with Gasteiger partial charge in [0, 0.05) is 18.5 Å². The number of hydrogen-bond acceptors (Lipinski definition) is 5. The Balaban J connectivity index is 2.01. The van der Waals surface area contributed by atoms with E-state index in [9.17, 15) is 18.0 Å². The van der Waals surface area contributed by atoms with Gasteiger partial charge < -0.3 is 10.2 Å². The fourth-order valence-corrected chi connectivity index (χ4v) is 5.51. The number of amides is 2. The van der Waals surface area contributed by atoms with E-state index < -0.39 is 28.5 Å². The highest BCUT2D eigenvalue weighted by molar-refractivity contribution is 7.98. The third kappa shape index (κ3) is 6.47.